The lowest BCUT2D eigenvalue weighted by molar-refractivity contribution is 0.102. The van der Waals surface area contributed by atoms with E-state index in [4.69, 9.17) is 12.2 Å². The molecule has 1 amide bonds. The molecule has 0 spiro atoms. The third-order valence-corrected chi connectivity index (χ3v) is 5.62. The number of hydrogen-bond donors (Lipinski definition) is 2. The highest BCUT2D eigenvalue weighted by molar-refractivity contribution is 7.71. The number of nitrogens with one attached hydrogen (secondary N) is 2. The number of para-hydroxylation sites is 1. The van der Waals surface area contributed by atoms with Gasteiger partial charge < -0.3 is 20.1 Å². The number of carbonyl (C=O) groups excluding carboxylic acids is 1. The van der Waals surface area contributed by atoms with E-state index in [0.717, 1.165) is 43.1 Å². The molecular weight excluding hydrogens is 382 g/mol. The second kappa shape index (κ2) is 8.23. The van der Waals surface area contributed by atoms with Crippen molar-refractivity contribution in [1.29, 1.82) is 0 Å². The van der Waals surface area contributed by atoms with Crippen LogP contribution in [-0.4, -0.2) is 53.6 Å². The van der Waals surface area contributed by atoms with Crippen molar-refractivity contribution in [3.63, 3.8) is 0 Å². The lowest BCUT2D eigenvalue weighted by Crippen LogP contribution is -2.44. The summed E-state index contributed by atoms with van der Waals surface area (Å²) in [6.07, 6.45) is 1.65. The molecule has 0 radical (unpaired) electrons. The number of likely N-dealkylation sites (N-methyl/N-ethyl adjacent to an activating group) is 1. The quantitative estimate of drug-likeness (QED) is 0.645. The van der Waals surface area contributed by atoms with E-state index in [2.05, 4.69) is 40.1 Å². The van der Waals surface area contributed by atoms with Crippen LogP contribution in [0.5, 0.6) is 0 Å². The van der Waals surface area contributed by atoms with Gasteiger partial charge in [-0.15, -0.1) is 0 Å². The molecule has 0 unspecified atom stereocenters. The van der Waals surface area contributed by atoms with Crippen molar-refractivity contribution in [2.45, 2.75) is 6.92 Å². The van der Waals surface area contributed by atoms with Crippen LogP contribution in [0.2, 0.25) is 0 Å². The van der Waals surface area contributed by atoms with Crippen LogP contribution in [0.1, 0.15) is 16.1 Å². The number of aryl methyl sites for hydroxylation is 1. The molecule has 2 N–H and O–H groups in total. The lowest BCUT2D eigenvalue weighted by atomic mass is 10.1. The minimum Gasteiger partial charge on any atom is -0.369 e. The Morgan fingerprint density at radius 1 is 1.07 bits per heavy atom. The minimum atomic E-state index is -0.201. The van der Waals surface area contributed by atoms with Crippen molar-refractivity contribution in [2.24, 2.45) is 0 Å². The third-order valence-electron chi connectivity index (χ3n) is 5.32. The van der Waals surface area contributed by atoms with Gasteiger partial charge in [0.1, 0.15) is 5.69 Å². The molecule has 1 saturated heterocycles. The first-order valence-electron chi connectivity index (χ1n) is 9.74. The molecule has 1 fully saturated rings. The fraction of sp³-hybridized carbons (Fsp3) is 0.273. The van der Waals surface area contributed by atoms with Gasteiger partial charge in [-0.2, -0.15) is 0 Å². The average Bonchev–Trinajstić information content (AvgIpc) is 3.11. The van der Waals surface area contributed by atoms with E-state index in [1.807, 2.05) is 42.5 Å². The summed E-state index contributed by atoms with van der Waals surface area (Å²) in [5.74, 6) is -0.201. The van der Waals surface area contributed by atoms with Gasteiger partial charge in [-0.25, -0.2) is 0 Å². The summed E-state index contributed by atoms with van der Waals surface area (Å²) in [4.78, 5) is 20.7. The molecule has 2 aromatic carbocycles. The zero-order valence-corrected chi connectivity index (χ0v) is 17.5. The van der Waals surface area contributed by atoms with Gasteiger partial charge in [0.25, 0.3) is 5.91 Å². The second-order valence-electron chi connectivity index (χ2n) is 7.40. The van der Waals surface area contributed by atoms with E-state index >= 15 is 0 Å². The van der Waals surface area contributed by atoms with Crippen LogP contribution in [0.4, 0.5) is 11.4 Å². The summed E-state index contributed by atoms with van der Waals surface area (Å²) in [5, 5.41) is 3.01. The van der Waals surface area contributed by atoms with Crippen LogP contribution >= 0.6 is 12.2 Å². The van der Waals surface area contributed by atoms with Crippen molar-refractivity contribution < 1.29 is 4.79 Å². The molecule has 1 aromatic heterocycles. The van der Waals surface area contributed by atoms with Crippen LogP contribution in [0.25, 0.3) is 5.69 Å². The monoisotopic (exact) mass is 407 g/mol. The minimum absolute atomic E-state index is 0.201. The van der Waals surface area contributed by atoms with Gasteiger partial charge in [0.2, 0.25) is 0 Å². The number of H-pyrrole nitrogens is 1. The Morgan fingerprint density at radius 3 is 2.48 bits per heavy atom. The van der Waals surface area contributed by atoms with Crippen LogP contribution in [0.3, 0.4) is 0 Å². The molecule has 150 valence electrons. The molecule has 4 rings (SSSR count). The van der Waals surface area contributed by atoms with Crippen molar-refractivity contribution in [1.82, 2.24) is 14.5 Å². The number of aromatic nitrogens is 2. The fourth-order valence-corrected chi connectivity index (χ4v) is 3.96. The zero-order valence-electron chi connectivity index (χ0n) is 16.7. The molecule has 7 heteroatoms. The SMILES string of the molecule is Cc1cc(NC(=O)c2c[nH]c(=S)n2-c2ccccc2)ccc1N1CCN(C)CC1. The Kier molecular flexibility index (Phi) is 5.51. The molecule has 2 heterocycles. The lowest BCUT2D eigenvalue weighted by Gasteiger charge is -2.35. The first kappa shape index (κ1) is 19.4. The molecule has 1 aliphatic heterocycles. The van der Waals surface area contributed by atoms with Gasteiger partial charge in [-0.3, -0.25) is 9.36 Å². The van der Waals surface area contributed by atoms with Crippen LogP contribution < -0.4 is 10.2 Å². The third kappa shape index (κ3) is 4.11. The van der Waals surface area contributed by atoms with E-state index in [-0.39, 0.29) is 5.91 Å². The zero-order chi connectivity index (χ0) is 20.4. The predicted molar refractivity (Wildman–Crippen MR) is 120 cm³/mol. The van der Waals surface area contributed by atoms with E-state index in [0.29, 0.717) is 10.5 Å². The number of imidazole rings is 1. The maximum absolute atomic E-state index is 12.9. The van der Waals surface area contributed by atoms with Crippen LogP contribution in [0.15, 0.2) is 54.7 Å². The molecular formula is C22H25N5OS. The Labute approximate surface area is 175 Å². The molecule has 1 aliphatic rings. The van der Waals surface area contributed by atoms with Gasteiger partial charge in [-0.05, 0) is 62.1 Å². The number of anilines is 2. The number of benzene rings is 2. The number of carbonyl (C=O) groups is 1. The fourth-order valence-electron chi connectivity index (χ4n) is 3.70. The standard InChI is InChI=1S/C22H25N5OS/c1-16-14-17(8-9-19(16)26-12-10-25(2)11-13-26)24-21(28)20-15-23-22(29)27(20)18-6-4-3-5-7-18/h3-9,14-15H,10-13H2,1-2H3,(H,23,29)(H,24,28). The van der Waals surface area contributed by atoms with E-state index in [9.17, 15) is 4.79 Å². The number of nitrogens with zero attached hydrogens (tertiary/aromatic N) is 3. The van der Waals surface area contributed by atoms with Crippen molar-refractivity contribution in [2.75, 3.05) is 43.4 Å². The normalized spacial score (nSPS) is 14.8. The summed E-state index contributed by atoms with van der Waals surface area (Å²) >= 11 is 5.38. The molecule has 0 atom stereocenters. The molecule has 0 saturated carbocycles. The number of rotatable bonds is 4. The van der Waals surface area contributed by atoms with Crippen LogP contribution in [0, 0.1) is 11.7 Å². The van der Waals surface area contributed by atoms with E-state index < -0.39 is 0 Å². The molecule has 0 bridgehead atoms. The van der Waals surface area contributed by atoms with Gasteiger partial charge >= 0.3 is 0 Å². The summed E-state index contributed by atoms with van der Waals surface area (Å²) in [5.41, 5.74) is 4.48. The number of piperazine rings is 1. The second-order valence-corrected chi connectivity index (χ2v) is 7.78. The van der Waals surface area contributed by atoms with E-state index in [1.165, 1.54) is 5.69 Å². The Balaban J connectivity index is 1.54. The Bertz CT molecular complexity index is 1060. The van der Waals surface area contributed by atoms with Crippen molar-refractivity contribution in [3.8, 4) is 5.69 Å². The maximum atomic E-state index is 12.9. The molecule has 3 aromatic rings. The molecule has 29 heavy (non-hydrogen) atoms. The van der Waals surface area contributed by atoms with Gasteiger partial charge in [0.15, 0.2) is 4.77 Å². The smallest absolute Gasteiger partial charge is 0.274 e. The predicted octanol–water partition coefficient (Wildman–Crippen LogP) is 3.85. The number of hydrogen-bond acceptors (Lipinski definition) is 4. The van der Waals surface area contributed by atoms with Gasteiger partial charge in [0, 0.05) is 49.4 Å². The van der Waals surface area contributed by atoms with Gasteiger partial charge in [-0.1, -0.05) is 18.2 Å². The summed E-state index contributed by atoms with van der Waals surface area (Å²) < 4.78 is 2.23. The van der Waals surface area contributed by atoms with Gasteiger partial charge in [0.05, 0.1) is 0 Å². The summed E-state index contributed by atoms with van der Waals surface area (Å²) in [6.45, 7) is 6.25. The molecule has 0 aliphatic carbocycles. The topological polar surface area (TPSA) is 56.3 Å². The first-order chi connectivity index (χ1) is 14.0. The highest BCUT2D eigenvalue weighted by atomic mass is 32.1. The number of amides is 1. The molecule has 6 nitrogen and oxygen atoms in total. The van der Waals surface area contributed by atoms with Crippen molar-refractivity contribution >= 4 is 29.5 Å². The van der Waals surface area contributed by atoms with Crippen molar-refractivity contribution in [3.05, 3.63) is 70.8 Å². The highest BCUT2D eigenvalue weighted by Gasteiger charge is 2.18. The Hall–Kier alpha value is -2.90. The summed E-state index contributed by atoms with van der Waals surface area (Å²) in [7, 11) is 2.15. The Morgan fingerprint density at radius 2 is 1.79 bits per heavy atom. The largest absolute Gasteiger partial charge is 0.369 e. The maximum Gasteiger partial charge on any atom is 0.274 e. The van der Waals surface area contributed by atoms with E-state index in [1.54, 1.807) is 10.8 Å². The first-order valence-corrected chi connectivity index (χ1v) is 10.1. The average molecular weight is 408 g/mol. The number of aromatic amines is 1. The summed E-state index contributed by atoms with van der Waals surface area (Å²) in [6, 6.07) is 15.7. The highest BCUT2D eigenvalue weighted by Crippen LogP contribution is 2.25. The van der Waals surface area contributed by atoms with Crippen LogP contribution in [-0.2, 0) is 0 Å².